The van der Waals surface area contributed by atoms with Crippen molar-refractivity contribution in [3.8, 4) is 17.5 Å². The molecule has 1 amide bonds. The van der Waals surface area contributed by atoms with Gasteiger partial charge in [0.2, 0.25) is 0 Å². The molecule has 2 unspecified atom stereocenters. The summed E-state index contributed by atoms with van der Waals surface area (Å²) < 4.78 is 3.01. The number of benzene rings is 2. The minimum absolute atomic E-state index is 0.0590. The van der Waals surface area contributed by atoms with Crippen molar-refractivity contribution in [3.63, 3.8) is 0 Å². The third-order valence-electron chi connectivity index (χ3n) is 5.95. The third kappa shape index (κ3) is 4.42. The first kappa shape index (κ1) is 23.8. The zero-order valence-electron chi connectivity index (χ0n) is 20.2. The Labute approximate surface area is 212 Å². The highest BCUT2D eigenvalue weighted by Crippen LogP contribution is 2.24. The fourth-order valence-corrected chi connectivity index (χ4v) is 4.29. The van der Waals surface area contributed by atoms with E-state index in [1.165, 1.54) is 4.52 Å². The number of nitrogen functional groups attached to an aromatic ring is 1. The number of nitrogens with zero attached hydrogens (tertiary/aromatic N) is 4. The molecule has 184 valence electrons. The van der Waals surface area contributed by atoms with E-state index in [1.807, 2.05) is 42.5 Å². The van der Waals surface area contributed by atoms with E-state index in [-0.39, 0.29) is 16.9 Å². The van der Waals surface area contributed by atoms with Crippen LogP contribution in [-0.2, 0) is 0 Å². The molecule has 0 aliphatic carbocycles. The van der Waals surface area contributed by atoms with Crippen molar-refractivity contribution in [2.45, 2.75) is 26.0 Å². The summed E-state index contributed by atoms with van der Waals surface area (Å²) in [5.74, 6) is 5.23. The van der Waals surface area contributed by atoms with Crippen molar-refractivity contribution < 1.29 is 9.90 Å². The molecule has 2 aromatic carbocycles. The Bertz CT molecular complexity index is 1760. The van der Waals surface area contributed by atoms with Crippen molar-refractivity contribution >= 4 is 28.1 Å². The average Bonchev–Trinajstić information content (AvgIpc) is 3.23. The van der Waals surface area contributed by atoms with Crippen LogP contribution in [0, 0.1) is 11.8 Å². The maximum absolute atomic E-state index is 13.9. The van der Waals surface area contributed by atoms with Gasteiger partial charge in [-0.1, -0.05) is 42.2 Å². The van der Waals surface area contributed by atoms with Crippen molar-refractivity contribution in [1.29, 1.82) is 0 Å². The molecule has 0 spiro atoms. The van der Waals surface area contributed by atoms with Gasteiger partial charge in [-0.05, 0) is 49.6 Å². The number of aliphatic hydroxyl groups is 1. The van der Waals surface area contributed by atoms with Crippen LogP contribution in [0.15, 0.2) is 77.9 Å². The zero-order valence-corrected chi connectivity index (χ0v) is 20.2. The number of nitrogens with two attached hydrogens (primary N) is 1. The average molecular weight is 493 g/mol. The van der Waals surface area contributed by atoms with Crippen LogP contribution >= 0.6 is 0 Å². The van der Waals surface area contributed by atoms with Crippen LogP contribution in [0.25, 0.3) is 22.1 Å². The van der Waals surface area contributed by atoms with Crippen LogP contribution in [0.5, 0.6) is 0 Å². The first-order chi connectivity index (χ1) is 17.8. The third-order valence-corrected chi connectivity index (χ3v) is 5.95. The number of hydrogen-bond donors (Lipinski definition) is 3. The van der Waals surface area contributed by atoms with E-state index in [4.69, 9.17) is 5.73 Å². The number of anilines is 1. The van der Waals surface area contributed by atoms with Gasteiger partial charge >= 0.3 is 0 Å². The molecule has 0 saturated heterocycles. The van der Waals surface area contributed by atoms with Gasteiger partial charge in [0.15, 0.2) is 11.5 Å². The predicted octanol–water partition coefficient (Wildman–Crippen LogP) is 2.84. The molecule has 3 aromatic heterocycles. The van der Waals surface area contributed by atoms with Gasteiger partial charge in [0, 0.05) is 29.3 Å². The quantitative estimate of drug-likeness (QED) is 0.331. The van der Waals surface area contributed by atoms with Gasteiger partial charge in [-0.15, -0.1) is 5.10 Å². The lowest BCUT2D eigenvalue weighted by Gasteiger charge is -2.21. The molecule has 0 aliphatic rings. The number of pyridine rings is 1. The number of aromatic nitrogens is 4. The van der Waals surface area contributed by atoms with E-state index in [1.54, 1.807) is 49.0 Å². The Hall–Kier alpha value is -4.94. The summed E-state index contributed by atoms with van der Waals surface area (Å²) >= 11 is 0. The van der Waals surface area contributed by atoms with Gasteiger partial charge in [0.25, 0.3) is 11.5 Å². The second-order valence-electron chi connectivity index (χ2n) is 8.60. The normalized spacial score (nSPS) is 12.6. The molecule has 5 rings (SSSR count). The molecule has 2 atom stereocenters. The minimum Gasteiger partial charge on any atom is -0.381 e. The maximum Gasteiger partial charge on any atom is 0.264 e. The molecule has 0 bridgehead atoms. The number of aliphatic hydroxyl groups excluding tert-OH is 1. The van der Waals surface area contributed by atoms with E-state index < -0.39 is 18.1 Å². The molecule has 0 saturated carbocycles. The Morgan fingerprint density at radius 2 is 1.89 bits per heavy atom. The van der Waals surface area contributed by atoms with E-state index >= 15 is 0 Å². The van der Waals surface area contributed by atoms with E-state index in [9.17, 15) is 14.7 Å². The smallest absolute Gasteiger partial charge is 0.264 e. The van der Waals surface area contributed by atoms with Gasteiger partial charge < -0.3 is 16.2 Å². The van der Waals surface area contributed by atoms with Crippen LogP contribution in [0.2, 0.25) is 0 Å². The second kappa shape index (κ2) is 9.60. The van der Waals surface area contributed by atoms with Gasteiger partial charge in [-0.2, -0.15) is 0 Å². The highest BCUT2D eigenvalue weighted by atomic mass is 16.3. The topological polar surface area (TPSA) is 128 Å². The van der Waals surface area contributed by atoms with Crippen LogP contribution < -0.4 is 16.6 Å². The first-order valence-electron chi connectivity index (χ1n) is 11.7. The molecule has 9 nitrogen and oxygen atoms in total. The summed E-state index contributed by atoms with van der Waals surface area (Å²) in [7, 11) is 0. The van der Waals surface area contributed by atoms with E-state index in [2.05, 4.69) is 27.2 Å². The molecular formula is C28H24N6O3. The van der Waals surface area contributed by atoms with Crippen LogP contribution in [0.1, 0.15) is 41.5 Å². The molecule has 9 heteroatoms. The molecule has 5 aromatic rings. The summed E-state index contributed by atoms with van der Waals surface area (Å²) in [6.07, 6.45) is 2.39. The number of para-hydroxylation sites is 1. The molecule has 3 heterocycles. The number of carbonyl (C=O) groups is 1. The molecular weight excluding hydrogens is 468 g/mol. The van der Waals surface area contributed by atoms with Crippen molar-refractivity contribution in [3.05, 3.63) is 100 Å². The summed E-state index contributed by atoms with van der Waals surface area (Å²) in [5, 5.41) is 17.8. The van der Waals surface area contributed by atoms with Gasteiger partial charge in [-0.3, -0.25) is 14.2 Å². The Kier molecular flexibility index (Phi) is 6.17. The van der Waals surface area contributed by atoms with Crippen molar-refractivity contribution in [1.82, 2.24) is 24.5 Å². The number of fused-ring (bicyclic) bond motifs is 2. The lowest BCUT2D eigenvalue weighted by molar-refractivity contribution is 0.0941. The fraction of sp³-hybridized carbons (Fsp3) is 0.143. The number of nitrogens with one attached hydrogen (secondary N) is 1. The van der Waals surface area contributed by atoms with Crippen molar-refractivity contribution in [2.75, 3.05) is 5.73 Å². The lowest BCUT2D eigenvalue weighted by atomic mass is 10.0. The minimum atomic E-state index is -0.831. The number of amides is 1. The molecule has 4 N–H and O–H groups in total. The Balaban J connectivity index is 1.66. The largest absolute Gasteiger partial charge is 0.381 e. The van der Waals surface area contributed by atoms with Gasteiger partial charge in [0.1, 0.15) is 11.7 Å². The highest BCUT2D eigenvalue weighted by Gasteiger charge is 2.23. The number of rotatable bonds is 4. The molecule has 0 radical (unpaired) electrons. The lowest BCUT2D eigenvalue weighted by Crippen LogP contribution is -2.32. The SMILES string of the molecule is CC(O)C#Cc1cccc2cc(C(C)NC(=O)c3c(N)nn4cccnc34)n(-c3ccccc3)c(=O)c12. The summed E-state index contributed by atoms with van der Waals surface area (Å²) in [5.41, 5.74) is 7.98. The summed E-state index contributed by atoms with van der Waals surface area (Å²) in [6.45, 7) is 3.36. The molecule has 0 aliphatic heterocycles. The number of hydrogen-bond acceptors (Lipinski definition) is 6. The Morgan fingerprint density at radius 3 is 2.65 bits per heavy atom. The molecule has 0 fully saturated rings. The van der Waals surface area contributed by atoms with E-state index in [0.717, 1.165) is 0 Å². The summed E-state index contributed by atoms with van der Waals surface area (Å²) in [6, 6.07) is 17.5. The van der Waals surface area contributed by atoms with Gasteiger partial charge in [-0.25, -0.2) is 9.50 Å². The molecule has 37 heavy (non-hydrogen) atoms. The van der Waals surface area contributed by atoms with E-state index in [0.29, 0.717) is 33.4 Å². The number of carbonyl (C=O) groups excluding carboxylic acids is 1. The first-order valence-corrected chi connectivity index (χ1v) is 11.7. The summed E-state index contributed by atoms with van der Waals surface area (Å²) in [4.78, 5) is 31.5. The zero-order chi connectivity index (χ0) is 26.1. The van der Waals surface area contributed by atoms with Crippen molar-refractivity contribution in [2.24, 2.45) is 0 Å². The predicted molar refractivity (Wildman–Crippen MR) is 141 cm³/mol. The van der Waals surface area contributed by atoms with Crippen LogP contribution in [0.3, 0.4) is 0 Å². The van der Waals surface area contributed by atoms with Crippen LogP contribution in [0.4, 0.5) is 5.82 Å². The maximum atomic E-state index is 13.9. The highest BCUT2D eigenvalue weighted by molar-refractivity contribution is 6.04. The Morgan fingerprint density at radius 1 is 1.11 bits per heavy atom. The van der Waals surface area contributed by atoms with Gasteiger partial charge in [0.05, 0.1) is 11.4 Å². The van der Waals surface area contributed by atoms with Crippen LogP contribution in [-0.4, -0.2) is 36.3 Å². The standard InChI is InChI=1S/C28H24N6O3/c1-17(35)12-13-19-8-6-9-20-16-22(34(28(37)23(19)20)21-10-4-3-5-11-21)18(2)31-27(36)24-25(29)32-33-15-7-14-30-26(24)33/h3-11,14-18,35H,1-2H3,(H2,29,32)(H,31,36). The second-order valence-corrected chi connectivity index (χ2v) is 8.60. The monoisotopic (exact) mass is 492 g/mol. The fourth-order valence-electron chi connectivity index (χ4n) is 4.29.